The Morgan fingerprint density at radius 2 is 0.579 bits per heavy atom. The van der Waals surface area contributed by atoms with E-state index in [1.165, 1.54) is 46.4 Å². The van der Waals surface area contributed by atoms with Crippen LogP contribution in [0.2, 0.25) is 0 Å². The third kappa shape index (κ3) is 22.5. The quantitative estimate of drug-likeness (QED) is 0.0509. The lowest BCUT2D eigenvalue weighted by molar-refractivity contribution is -0.175. The second kappa shape index (κ2) is 42.0. The van der Waals surface area contributed by atoms with Gasteiger partial charge in [-0.2, -0.15) is 25.3 Å². The number of rotatable bonds is 22. The minimum Gasteiger partial charge on any atom is -0.394 e. The molecular weight excluding hydrogens is 1600 g/mol. The summed E-state index contributed by atoms with van der Waals surface area (Å²) in [6.45, 7) is 22.8. The van der Waals surface area contributed by atoms with Gasteiger partial charge in [0, 0.05) is 63.7 Å². The van der Waals surface area contributed by atoms with E-state index in [2.05, 4.69) is 46.0 Å². The maximum atomic E-state index is 12.4. The second-order valence-corrected chi connectivity index (χ2v) is 39.8. The van der Waals surface area contributed by atoms with Crippen molar-refractivity contribution in [2.24, 2.45) is 61.4 Å². The molecule has 7 saturated heterocycles. The van der Waals surface area contributed by atoms with Crippen LogP contribution in [0.25, 0.3) is 0 Å². The van der Waals surface area contributed by atoms with Gasteiger partial charge in [-0.25, -0.2) is 0 Å². The number of likely N-dealkylation sites (tertiary alicyclic amines) is 7. The van der Waals surface area contributed by atoms with Crippen molar-refractivity contribution < 1.29 is 108 Å². The molecule has 9 N–H and O–H groups in total. The van der Waals surface area contributed by atoms with Gasteiger partial charge in [0.15, 0.2) is 34.7 Å². The summed E-state index contributed by atoms with van der Waals surface area (Å²) in [7, 11) is 0. The summed E-state index contributed by atoms with van der Waals surface area (Å²) in [5.41, 5.74) is 3.33. The number of carbonyl (C=O) groups excluding carboxylic acids is 15. The van der Waals surface area contributed by atoms with Crippen LogP contribution in [-0.2, 0) is 71.9 Å². The molecule has 14 rings (SSSR count). The Balaban J connectivity index is 0.000000176. The van der Waals surface area contributed by atoms with Crippen LogP contribution in [-0.4, -0.2) is 302 Å². The molecule has 121 heavy (non-hydrogen) atoms. The summed E-state index contributed by atoms with van der Waals surface area (Å²) in [6.07, 6.45) is 22.3. The zero-order valence-corrected chi connectivity index (χ0v) is 75.4. The average Bonchev–Trinajstić information content (AvgIpc) is 0.735. The number of aliphatic hydroxyl groups excluding tert-OH is 7. The van der Waals surface area contributed by atoms with Crippen LogP contribution in [0, 0.1) is 55.7 Å². The van der Waals surface area contributed by atoms with Crippen LogP contribution in [0.1, 0.15) is 269 Å². The van der Waals surface area contributed by atoms with Crippen molar-refractivity contribution in [3.63, 3.8) is 0 Å². The van der Waals surface area contributed by atoms with Gasteiger partial charge in [-0.3, -0.25) is 71.9 Å². The van der Waals surface area contributed by atoms with Gasteiger partial charge < -0.3 is 75.8 Å². The number of hydrogen-bond acceptors (Lipinski definition) is 24. The van der Waals surface area contributed by atoms with E-state index in [0.717, 1.165) is 128 Å². The Bertz CT molecular complexity index is 3480. The number of nitrogens with two attached hydrogens (primary N) is 1. The summed E-state index contributed by atoms with van der Waals surface area (Å²) in [6, 6.07) is -3.17. The van der Waals surface area contributed by atoms with Crippen molar-refractivity contribution >= 4 is 113 Å². The number of aliphatic hydroxyl groups is 7. The smallest absolute Gasteiger partial charge is 0.231 e. The van der Waals surface area contributed by atoms with Crippen LogP contribution in [0.3, 0.4) is 0 Å². The topological polar surface area (TPSA) is 446 Å². The van der Waals surface area contributed by atoms with Crippen LogP contribution in [0.4, 0.5) is 0 Å². The molecule has 7 atom stereocenters. The maximum absolute atomic E-state index is 12.4. The van der Waals surface area contributed by atoms with Crippen molar-refractivity contribution in [3.8, 4) is 0 Å². The molecule has 14 aliphatic rings. The van der Waals surface area contributed by atoms with Gasteiger partial charge in [-0.15, -0.1) is 0 Å². The molecule has 30 nitrogen and oxygen atoms in total. The fourth-order valence-corrected chi connectivity index (χ4v) is 22.2. The summed E-state index contributed by atoms with van der Waals surface area (Å²) in [5.74, 6) is 2.60. The fraction of sp³-hybridized carbons (Fsp3) is 0.831. The van der Waals surface area contributed by atoms with E-state index >= 15 is 0 Å². The molecule has 0 radical (unpaired) electrons. The van der Waals surface area contributed by atoms with Gasteiger partial charge in [-0.1, -0.05) is 20.8 Å². The number of Topliss-reactive ketones (excluding diaryl/α,β-unsaturated/α-hetero) is 7. The molecule has 0 aromatic carbocycles. The van der Waals surface area contributed by atoms with E-state index in [4.69, 9.17) is 15.9 Å². The summed E-state index contributed by atoms with van der Waals surface area (Å²) >= 11 is 8.31. The summed E-state index contributed by atoms with van der Waals surface area (Å²) in [4.78, 5) is 187. The molecule has 0 aromatic rings. The monoisotopic (exact) mass is 1740 g/mol. The Hall–Kier alpha value is -6.13. The number of β-lactam (4-membered cyclic amide) rings is 7. The van der Waals surface area contributed by atoms with E-state index < -0.39 is 36.2 Å². The number of thiol groups is 2. The SMILES string of the molecule is CC(=O)C(CCC(N)=O)N1CC2(CCC(O)CC2)C1=O.CC(=O)C(CO)N1CC2(CCC(C)CC2)C1=O.CC(=O)C(CO)N1CC2(CCC(O)CC2)C1=O.CC(=O)C(CS)N1CC2(CCC(C)CC2)C1=O.CC(=O)C(CS)N1CC2(CCC(O)CC2)C1=O.CC(=O)C([C@@H](C)O)N1CC2(CCC(C)CC2)C1=O.CC(=O)CN1CC2(CCC(O)CC2)C1=O. The molecular formula is C89H142N8O22S2. The molecule has 8 amide bonds. The molecule has 7 heterocycles. The first kappa shape index (κ1) is 100. The first-order valence-corrected chi connectivity index (χ1v) is 45.8. The average molecular weight is 1740 g/mol. The lowest BCUT2D eigenvalue weighted by Gasteiger charge is -2.54. The Kier molecular flexibility index (Phi) is 34.8. The highest BCUT2D eigenvalue weighted by atomic mass is 32.1. The highest BCUT2D eigenvalue weighted by Crippen LogP contribution is 2.53. The summed E-state index contributed by atoms with van der Waals surface area (Å²) < 4.78 is 0. The Labute approximate surface area is 725 Å². The van der Waals surface area contributed by atoms with E-state index in [-0.39, 0.29) is 182 Å². The highest BCUT2D eigenvalue weighted by Gasteiger charge is 2.62. The van der Waals surface area contributed by atoms with Gasteiger partial charge in [0.1, 0.15) is 23.9 Å². The number of nitrogens with zero attached hydrogens (tertiary/aromatic N) is 7. The van der Waals surface area contributed by atoms with E-state index in [0.29, 0.717) is 133 Å². The van der Waals surface area contributed by atoms with E-state index in [1.807, 2.05) is 0 Å². The van der Waals surface area contributed by atoms with E-state index in [1.54, 1.807) is 43.2 Å². The number of amides is 8. The number of ketones is 7. The molecule has 14 fully saturated rings. The molecule has 32 heteroatoms. The van der Waals surface area contributed by atoms with Crippen LogP contribution >= 0.6 is 25.3 Å². The standard InChI is InChI=1S/C14H22N2O4.C14H23NO3.C13H21NO3.C13H21NO2S.C12H19NO4.C12H19NO3S.C11H17NO3/c1-9(17)11(2-3-12(15)19)16-8-14(13(16)20)6-4-10(18)5-7-14;1-9-4-6-14(7-5-9)8-15(13(14)18)12(10(2)16)11(3)17;1-9-3-5-13(6-4-9)8-14(12(13)17)11(7-15)10(2)16;1-9-3-5-13(6-4-9)8-14(12(13)16)11(7-17)10(2)15;1-8(15)10(6-14)13-7-12(11(13)17)4-2-9(16)3-5-12;1-8(14)10(6-17)13-7-12(11(13)16)4-2-9(15)3-5-12;1-8(13)6-12-7-11(10(12)15)4-2-9(14)3-5-11/h10-11,18H,2-8H2,1H3,(H2,15,19);9-10,12,16H,4-8H2,1-3H3;9,11,15H,3-8H2,1-2H3;9,11,17H,3-8H2,1-2H3;9-10,14,16H,2-7H2,1H3;9-10,15,17H,2-7H2,1H3;9,14H,2-7H2,1H3/t;9?,10-,12?,14?;;;;;/m.1...../s1. The lowest BCUT2D eigenvalue weighted by atomic mass is 9.65. The molecule has 7 aliphatic heterocycles. The van der Waals surface area contributed by atoms with E-state index in [9.17, 15) is 97.5 Å². The predicted molar refractivity (Wildman–Crippen MR) is 454 cm³/mol. The van der Waals surface area contributed by atoms with Crippen molar-refractivity contribution in [3.05, 3.63) is 0 Å². The largest absolute Gasteiger partial charge is 0.394 e. The maximum Gasteiger partial charge on any atom is 0.231 e. The number of carbonyl (C=O) groups is 15. The van der Waals surface area contributed by atoms with Gasteiger partial charge in [0.05, 0.1) is 106 Å². The molecule has 0 bridgehead atoms. The van der Waals surface area contributed by atoms with Crippen LogP contribution in [0.15, 0.2) is 0 Å². The third-order valence-electron chi connectivity index (χ3n) is 29.9. The van der Waals surface area contributed by atoms with Crippen molar-refractivity contribution in [2.45, 2.75) is 336 Å². The minimum atomic E-state index is -0.786. The second-order valence-electron chi connectivity index (χ2n) is 39.1. The Morgan fingerprint density at radius 3 is 0.769 bits per heavy atom. The molecule has 7 aliphatic carbocycles. The van der Waals surface area contributed by atoms with Gasteiger partial charge in [-0.05, 0) is 259 Å². The highest BCUT2D eigenvalue weighted by molar-refractivity contribution is 7.80. The lowest BCUT2D eigenvalue weighted by Crippen LogP contribution is -2.68. The summed E-state index contributed by atoms with van der Waals surface area (Å²) in [5, 5.41) is 65.7. The Morgan fingerprint density at radius 1 is 0.355 bits per heavy atom. The molecule has 7 saturated carbocycles. The molecule has 0 aromatic heterocycles. The van der Waals surface area contributed by atoms with Gasteiger partial charge in [0.2, 0.25) is 47.3 Å². The molecule has 7 spiro atoms. The normalized spacial score (nSPS) is 34.2. The van der Waals surface area contributed by atoms with Crippen molar-refractivity contribution in [1.82, 2.24) is 34.3 Å². The van der Waals surface area contributed by atoms with Gasteiger partial charge >= 0.3 is 0 Å². The zero-order chi connectivity index (χ0) is 90.0. The number of primary amides is 1. The van der Waals surface area contributed by atoms with Gasteiger partial charge in [0.25, 0.3) is 0 Å². The first-order chi connectivity index (χ1) is 56.8. The fourth-order valence-electron chi connectivity index (χ4n) is 21.3. The van der Waals surface area contributed by atoms with Crippen molar-refractivity contribution in [2.75, 3.05) is 77.1 Å². The van der Waals surface area contributed by atoms with Crippen LogP contribution < -0.4 is 5.73 Å². The first-order valence-electron chi connectivity index (χ1n) is 44.6. The zero-order valence-electron chi connectivity index (χ0n) is 73.6. The third-order valence-corrected chi connectivity index (χ3v) is 30.6. The molecule has 682 valence electrons. The van der Waals surface area contributed by atoms with Crippen molar-refractivity contribution in [1.29, 1.82) is 0 Å². The minimum absolute atomic E-state index is 0.000885. The number of hydrogen-bond donors (Lipinski definition) is 10. The molecule has 6 unspecified atom stereocenters. The van der Waals surface area contributed by atoms with Crippen LogP contribution in [0.5, 0.6) is 0 Å². The predicted octanol–water partition coefficient (Wildman–Crippen LogP) is 4.90.